The first-order valence-corrected chi connectivity index (χ1v) is 26.1. The van der Waals surface area contributed by atoms with Gasteiger partial charge in [0, 0.05) is 48.0 Å². The Morgan fingerprint density at radius 3 is 1.55 bits per heavy atom. The highest BCUT2D eigenvalue weighted by Gasteiger charge is 2.20. The largest absolute Gasteiger partial charge is 0.508 e. The van der Waals surface area contributed by atoms with Gasteiger partial charge in [0.25, 0.3) is 23.6 Å². The van der Waals surface area contributed by atoms with Crippen LogP contribution in [0.25, 0.3) is 44.6 Å². The minimum absolute atomic E-state index is 0.0117. The Morgan fingerprint density at radius 1 is 0.561 bits per heavy atom. The minimum atomic E-state index is -0.511. The van der Waals surface area contributed by atoms with E-state index in [0.29, 0.717) is 69.4 Å². The van der Waals surface area contributed by atoms with Gasteiger partial charge in [0.1, 0.15) is 28.8 Å². The van der Waals surface area contributed by atoms with Gasteiger partial charge < -0.3 is 59.4 Å². The molecule has 22 heteroatoms. The van der Waals surface area contributed by atoms with E-state index >= 15 is 0 Å². The number of methoxy groups -OCH3 is 1. The number of phenolic OH excluding ortho intramolecular Hbond substituents is 3. The van der Waals surface area contributed by atoms with Crippen molar-refractivity contribution in [1.82, 2.24) is 31.3 Å². The van der Waals surface area contributed by atoms with Crippen molar-refractivity contribution in [2.24, 2.45) is 5.92 Å². The summed E-state index contributed by atoms with van der Waals surface area (Å²) in [6.07, 6.45) is 0. The van der Waals surface area contributed by atoms with Crippen LogP contribution < -0.4 is 26.0 Å². The normalized spacial score (nSPS) is 10.6. The third kappa shape index (κ3) is 16.6. The first-order chi connectivity index (χ1) is 39.3. The van der Waals surface area contributed by atoms with E-state index < -0.39 is 11.8 Å². The summed E-state index contributed by atoms with van der Waals surface area (Å²) in [5.74, 6) is 1.27. The predicted octanol–water partition coefficient (Wildman–Crippen LogP) is 12.3. The van der Waals surface area contributed by atoms with Crippen LogP contribution in [-0.4, -0.2) is 79.3 Å². The SMILES string of the molecule is CC(C)CNC(=O)c1cc(-c2cccs2)on1.CC(C)NC(=O)c1cc(-c2ccc(O)cc2)on1.COc1ccccc1-c1cc(C(=O)Nc2cc(C)ccc2O)no1.Cc1ccc(O)c(NC(=O)c2cc(-c3ccc(F)cc3)on2)c1. The van der Waals surface area contributed by atoms with Gasteiger partial charge in [-0.2, -0.15) is 0 Å². The number of para-hydroxylation sites is 1. The average molecular weight is 1130 g/mol. The number of hydrogen-bond donors (Lipinski definition) is 7. The number of carbonyl (C=O) groups is 4. The number of ether oxygens (including phenoxy) is 1. The molecule has 5 aromatic carbocycles. The lowest BCUT2D eigenvalue weighted by atomic mass is 10.1. The van der Waals surface area contributed by atoms with Crippen molar-refractivity contribution >= 4 is 46.3 Å². The zero-order valence-electron chi connectivity index (χ0n) is 45.4. The van der Waals surface area contributed by atoms with Gasteiger partial charge in [0.2, 0.25) is 0 Å². The summed E-state index contributed by atoms with van der Waals surface area (Å²) in [4.78, 5) is 48.8. The molecule has 4 amide bonds. The molecule has 10 aromatic rings. The molecule has 20 nitrogen and oxygen atoms in total. The molecule has 0 fully saturated rings. The Morgan fingerprint density at radius 2 is 1.04 bits per heavy atom. The maximum absolute atomic E-state index is 12.9. The van der Waals surface area contributed by atoms with Crippen LogP contribution in [0.15, 0.2) is 169 Å². The van der Waals surface area contributed by atoms with E-state index in [-0.39, 0.29) is 58.0 Å². The number of thiophene rings is 1. The van der Waals surface area contributed by atoms with Crippen molar-refractivity contribution in [1.29, 1.82) is 0 Å². The van der Waals surface area contributed by atoms with Crippen LogP contribution in [0.3, 0.4) is 0 Å². The second kappa shape index (κ2) is 28.0. The van der Waals surface area contributed by atoms with Gasteiger partial charge in [-0.1, -0.05) is 64.8 Å². The lowest BCUT2D eigenvalue weighted by Gasteiger charge is -2.06. The van der Waals surface area contributed by atoms with Crippen LogP contribution in [0.2, 0.25) is 0 Å². The number of aromatic nitrogens is 4. The molecule has 0 aliphatic heterocycles. The highest BCUT2D eigenvalue weighted by atomic mass is 32.1. The van der Waals surface area contributed by atoms with E-state index in [1.165, 1.54) is 48.5 Å². The van der Waals surface area contributed by atoms with E-state index in [1.807, 2.05) is 77.3 Å². The number of aryl methyl sites for hydroxylation is 2. The first kappa shape index (κ1) is 59.3. The highest BCUT2D eigenvalue weighted by Crippen LogP contribution is 2.32. The molecule has 0 radical (unpaired) electrons. The molecule has 0 unspecified atom stereocenters. The molecule has 82 heavy (non-hydrogen) atoms. The fourth-order valence-corrected chi connectivity index (χ4v) is 7.82. The maximum atomic E-state index is 12.9. The van der Waals surface area contributed by atoms with Gasteiger partial charge in [0.05, 0.1) is 28.9 Å². The minimum Gasteiger partial charge on any atom is -0.508 e. The number of aromatic hydroxyl groups is 3. The van der Waals surface area contributed by atoms with E-state index in [1.54, 1.807) is 85.2 Å². The molecular formula is C60H57FN8O12S. The Bertz CT molecular complexity index is 3740. The summed E-state index contributed by atoms with van der Waals surface area (Å²) in [7, 11) is 1.56. The van der Waals surface area contributed by atoms with Gasteiger partial charge in [-0.05, 0) is 141 Å². The number of benzene rings is 5. The van der Waals surface area contributed by atoms with E-state index in [4.69, 9.17) is 22.8 Å². The number of amides is 4. The van der Waals surface area contributed by atoms with Crippen LogP contribution >= 0.6 is 11.3 Å². The molecule has 422 valence electrons. The molecule has 5 aromatic heterocycles. The molecule has 0 spiro atoms. The zero-order valence-corrected chi connectivity index (χ0v) is 46.2. The van der Waals surface area contributed by atoms with Crippen LogP contribution in [0, 0.1) is 25.6 Å². The molecular weight excluding hydrogens is 1080 g/mol. The quantitative estimate of drug-likeness (QED) is 0.0498. The number of hydrogen-bond acceptors (Lipinski definition) is 17. The van der Waals surface area contributed by atoms with Crippen molar-refractivity contribution in [3.8, 4) is 67.6 Å². The maximum Gasteiger partial charge on any atom is 0.277 e. The zero-order chi connectivity index (χ0) is 58.9. The van der Waals surface area contributed by atoms with Gasteiger partial charge >= 0.3 is 0 Å². The number of nitrogens with one attached hydrogen (secondary N) is 4. The summed E-state index contributed by atoms with van der Waals surface area (Å²) >= 11 is 1.55. The topological polar surface area (TPSA) is 290 Å². The van der Waals surface area contributed by atoms with Crippen LogP contribution in [0.1, 0.15) is 80.8 Å². The molecule has 0 bridgehead atoms. The smallest absolute Gasteiger partial charge is 0.277 e. The number of phenols is 3. The highest BCUT2D eigenvalue weighted by molar-refractivity contribution is 7.13. The summed E-state index contributed by atoms with van der Waals surface area (Å²) in [6, 6.07) is 39.4. The van der Waals surface area contributed by atoms with Crippen LogP contribution in [0.4, 0.5) is 15.8 Å². The summed E-state index contributed by atoms with van der Waals surface area (Å²) < 4.78 is 38.8. The molecule has 0 aliphatic rings. The Kier molecular flexibility index (Phi) is 20.2. The number of rotatable bonds is 14. The van der Waals surface area contributed by atoms with E-state index in [0.717, 1.165) is 21.6 Å². The number of halogens is 1. The van der Waals surface area contributed by atoms with Crippen molar-refractivity contribution in [3.05, 3.63) is 191 Å². The number of carbonyl (C=O) groups excluding carboxylic acids is 4. The summed E-state index contributed by atoms with van der Waals surface area (Å²) in [5, 5.41) is 56.4. The Labute approximate surface area is 473 Å². The third-order valence-electron chi connectivity index (χ3n) is 11.3. The van der Waals surface area contributed by atoms with E-state index in [9.17, 15) is 38.9 Å². The van der Waals surface area contributed by atoms with Crippen molar-refractivity contribution in [2.45, 2.75) is 47.6 Å². The first-order valence-electron chi connectivity index (χ1n) is 25.2. The van der Waals surface area contributed by atoms with Crippen molar-refractivity contribution in [3.63, 3.8) is 0 Å². The van der Waals surface area contributed by atoms with Crippen molar-refractivity contribution in [2.75, 3.05) is 24.3 Å². The van der Waals surface area contributed by atoms with Gasteiger partial charge in [-0.3, -0.25) is 19.2 Å². The lowest BCUT2D eigenvalue weighted by Crippen LogP contribution is -2.30. The molecule has 7 N–H and O–H groups in total. The van der Waals surface area contributed by atoms with Gasteiger partial charge in [-0.25, -0.2) is 4.39 Å². The molecule has 0 saturated carbocycles. The molecule has 5 heterocycles. The van der Waals surface area contributed by atoms with Crippen LogP contribution in [0.5, 0.6) is 23.0 Å². The summed E-state index contributed by atoms with van der Waals surface area (Å²) in [6.45, 7) is 12.2. The third-order valence-corrected chi connectivity index (χ3v) is 12.2. The number of nitrogens with zero attached hydrogens (tertiary/aromatic N) is 4. The number of anilines is 2. The fourth-order valence-electron chi connectivity index (χ4n) is 7.15. The predicted molar refractivity (Wildman–Crippen MR) is 305 cm³/mol. The molecule has 0 aliphatic carbocycles. The Hall–Kier alpha value is -10.4. The second-order valence-corrected chi connectivity index (χ2v) is 19.7. The molecule has 10 rings (SSSR count). The molecule has 0 atom stereocenters. The monoisotopic (exact) mass is 1130 g/mol. The van der Waals surface area contributed by atoms with Gasteiger partial charge in [0.15, 0.2) is 45.8 Å². The van der Waals surface area contributed by atoms with Gasteiger partial charge in [-0.15, -0.1) is 11.3 Å². The summed E-state index contributed by atoms with van der Waals surface area (Å²) in [5.41, 5.74) is 5.22. The Balaban J connectivity index is 0.000000159. The average Bonchev–Trinajstić information content (AvgIpc) is 4.41. The van der Waals surface area contributed by atoms with E-state index in [2.05, 4.69) is 41.9 Å². The second-order valence-electron chi connectivity index (χ2n) is 18.7. The molecule has 0 saturated heterocycles. The van der Waals surface area contributed by atoms with Crippen LogP contribution in [-0.2, 0) is 0 Å². The van der Waals surface area contributed by atoms with Crippen molar-refractivity contribution < 1.29 is 61.7 Å². The fraction of sp³-hybridized carbons (Fsp3) is 0.167. The standard InChI is InChI=1S/C18H16N2O4.C17H13FN2O3.C13H14N2O3.C12H14N2O2S/c1-11-7-8-15(21)13(9-11)19-18(22)14-10-17(24-20-14)12-5-3-4-6-16(12)23-2;1-10-2-7-15(21)13(8-10)19-17(22)14-9-16(23-20-14)11-3-5-12(18)6-4-11;1-8(2)14-13(17)11-7-12(18-15-11)9-3-5-10(16)6-4-9;1-8(2)7-13-12(15)9-6-10(16-14-9)11-4-3-5-17-11/h3-10,21H,1-2H3,(H,19,22);2-9,21H,1H3,(H,19,22);3-8,16H,1-2H3,(H,14,17);3-6,8H,7H2,1-2H3,(H,13,15). The lowest BCUT2D eigenvalue weighted by molar-refractivity contribution is 0.0928.